The zero-order chi connectivity index (χ0) is 26.7. The Labute approximate surface area is 217 Å². The van der Waals surface area contributed by atoms with Gasteiger partial charge in [0, 0.05) is 31.1 Å². The van der Waals surface area contributed by atoms with Crippen LogP contribution in [0.25, 0.3) is 11.1 Å². The Morgan fingerprint density at radius 3 is 2.49 bits per heavy atom. The number of aryl methyl sites for hydroxylation is 2. The zero-order valence-corrected chi connectivity index (χ0v) is 22.3. The summed E-state index contributed by atoms with van der Waals surface area (Å²) in [6.45, 7) is 10.5. The summed E-state index contributed by atoms with van der Waals surface area (Å²) in [6, 6.07) is 5.38. The van der Waals surface area contributed by atoms with Gasteiger partial charge in [-0.25, -0.2) is 4.79 Å². The van der Waals surface area contributed by atoms with Crippen LogP contribution in [0.2, 0.25) is 0 Å². The van der Waals surface area contributed by atoms with E-state index in [4.69, 9.17) is 9.26 Å². The lowest BCUT2D eigenvalue weighted by Gasteiger charge is -2.34. The Bertz CT molecular complexity index is 1140. The quantitative estimate of drug-likeness (QED) is 0.544. The fraction of sp³-hybridized carbons (Fsp3) is 0.556. The van der Waals surface area contributed by atoms with Crippen LogP contribution in [0.3, 0.4) is 0 Å². The van der Waals surface area contributed by atoms with Crippen LogP contribution in [-0.2, 0) is 14.3 Å². The Hall–Kier alpha value is -3.56. The minimum Gasteiger partial charge on any atom is -0.444 e. The van der Waals surface area contributed by atoms with Gasteiger partial charge >= 0.3 is 6.09 Å². The number of piperidine rings is 2. The van der Waals surface area contributed by atoms with Gasteiger partial charge in [0.1, 0.15) is 17.4 Å². The first-order chi connectivity index (χ1) is 17.5. The molecule has 1 aromatic carbocycles. The van der Waals surface area contributed by atoms with E-state index in [2.05, 4.69) is 21.1 Å². The van der Waals surface area contributed by atoms with Crippen molar-refractivity contribution in [2.45, 2.75) is 84.4 Å². The maximum atomic E-state index is 13.1. The molecule has 0 aliphatic carbocycles. The second kappa shape index (κ2) is 10.8. The van der Waals surface area contributed by atoms with Gasteiger partial charge < -0.3 is 30.1 Å². The smallest absolute Gasteiger partial charge is 0.410 e. The number of ether oxygens (including phenoxy) is 1. The fourth-order valence-corrected chi connectivity index (χ4v) is 4.80. The van der Waals surface area contributed by atoms with E-state index in [0.717, 1.165) is 35.3 Å². The predicted molar refractivity (Wildman–Crippen MR) is 140 cm³/mol. The van der Waals surface area contributed by atoms with Gasteiger partial charge in [0.2, 0.25) is 11.8 Å². The Kier molecular flexibility index (Phi) is 7.75. The van der Waals surface area contributed by atoms with Crippen molar-refractivity contribution in [2.75, 3.05) is 23.7 Å². The predicted octanol–water partition coefficient (Wildman–Crippen LogP) is 4.38. The van der Waals surface area contributed by atoms with Crippen LogP contribution in [0.1, 0.15) is 64.3 Å². The van der Waals surface area contributed by atoms with Crippen molar-refractivity contribution in [1.82, 2.24) is 15.4 Å². The molecule has 2 aliphatic rings. The summed E-state index contributed by atoms with van der Waals surface area (Å²) < 4.78 is 10.8. The highest BCUT2D eigenvalue weighted by atomic mass is 16.6. The Balaban J connectivity index is 1.51. The second-order valence-corrected chi connectivity index (χ2v) is 10.8. The van der Waals surface area contributed by atoms with Gasteiger partial charge in [-0.1, -0.05) is 11.2 Å². The molecular formula is C27H37N5O5. The highest BCUT2D eigenvalue weighted by Gasteiger charge is 2.28. The lowest BCUT2D eigenvalue weighted by atomic mass is 10.0. The summed E-state index contributed by atoms with van der Waals surface area (Å²) in [5.41, 5.74) is 3.41. The highest BCUT2D eigenvalue weighted by Crippen LogP contribution is 2.34. The minimum absolute atomic E-state index is 0.106. The van der Waals surface area contributed by atoms with Crippen LogP contribution in [0.4, 0.5) is 16.2 Å². The monoisotopic (exact) mass is 511 g/mol. The summed E-state index contributed by atoms with van der Waals surface area (Å²) in [6.07, 6.45) is 2.93. The van der Waals surface area contributed by atoms with Gasteiger partial charge in [0.05, 0.1) is 17.1 Å². The summed E-state index contributed by atoms with van der Waals surface area (Å²) in [4.78, 5) is 39.1. The van der Waals surface area contributed by atoms with Crippen molar-refractivity contribution in [2.24, 2.45) is 0 Å². The van der Waals surface area contributed by atoms with Gasteiger partial charge in [0.15, 0.2) is 0 Å². The van der Waals surface area contributed by atoms with Crippen molar-refractivity contribution in [3.63, 3.8) is 0 Å². The topological polar surface area (TPSA) is 126 Å². The number of carbonyl (C=O) groups excluding carboxylic acids is 3. The van der Waals surface area contributed by atoms with Gasteiger partial charge in [0.25, 0.3) is 0 Å². The van der Waals surface area contributed by atoms with Crippen LogP contribution < -0.4 is 16.0 Å². The largest absolute Gasteiger partial charge is 0.444 e. The normalized spacial score (nSPS) is 18.8. The molecule has 37 heavy (non-hydrogen) atoms. The maximum absolute atomic E-state index is 13.1. The molecule has 1 aromatic heterocycles. The molecule has 10 nitrogen and oxygen atoms in total. The molecule has 3 amide bonds. The summed E-state index contributed by atoms with van der Waals surface area (Å²) in [5, 5.41) is 13.4. The first kappa shape index (κ1) is 26.5. The van der Waals surface area contributed by atoms with Crippen LogP contribution in [0, 0.1) is 13.8 Å². The average Bonchev–Trinajstić information content (AvgIpc) is 3.17. The van der Waals surface area contributed by atoms with Crippen LogP contribution >= 0.6 is 0 Å². The number of benzene rings is 1. The third-order valence-corrected chi connectivity index (χ3v) is 6.65. The molecule has 2 aromatic rings. The molecule has 3 heterocycles. The van der Waals surface area contributed by atoms with Gasteiger partial charge in [-0.3, -0.25) is 9.59 Å². The van der Waals surface area contributed by atoms with Gasteiger partial charge in [-0.15, -0.1) is 0 Å². The lowest BCUT2D eigenvalue weighted by molar-refractivity contribution is -0.128. The number of anilines is 2. The van der Waals surface area contributed by atoms with E-state index < -0.39 is 11.6 Å². The molecule has 0 spiro atoms. The molecule has 0 radical (unpaired) electrons. The van der Waals surface area contributed by atoms with Crippen molar-refractivity contribution < 1.29 is 23.6 Å². The minimum atomic E-state index is -0.561. The molecule has 2 aliphatic heterocycles. The average molecular weight is 512 g/mol. The molecule has 200 valence electrons. The Morgan fingerprint density at radius 2 is 1.86 bits per heavy atom. The van der Waals surface area contributed by atoms with Crippen molar-refractivity contribution >= 4 is 29.3 Å². The fourth-order valence-electron chi connectivity index (χ4n) is 4.80. The zero-order valence-electron chi connectivity index (χ0n) is 22.3. The first-order valence-electron chi connectivity index (χ1n) is 12.9. The number of aromatic nitrogens is 1. The lowest BCUT2D eigenvalue weighted by Crippen LogP contribution is -2.46. The molecule has 1 atom stereocenters. The van der Waals surface area contributed by atoms with Crippen molar-refractivity contribution in [3.8, 4) is 11.1 Å². The summed E-state index contributed by atoms with van der Waals surface area (Å²) >= 11 is 0. The van der Waals surface area contributed by atoms with Crippen LogP contribution in [0.5, 0.6) is 0 Å². The van der Waals surface area contributed by atoms with Crippen molar-refractivity contribution in [3.05, 3.63) is 29.7 Å². The number of hydrogen-bond donors (Lipinski definition) is 3. The molecule has 10 heteroatoms. The molecule has 0 bridgehead atoms. The summed E-state index contributed by atoms with van der Waals surface area (Å²) in [7, 11) is 0. The van der Waals surface area contributed by atoms with E-state index in [1.54, 1.807) is 4.90 Å². The van der Waals surface area contributed by atoms with E-state index in [1.165, 1.54) is 0 Å². The number of likely N-dealkylation sites (tertiary alicyclic amines) is 1. The first-order valence-corrected chi connectivity index (χ1v) is 12.9. The van der Waals surface area contributed by atoms with Crippen LogP contribution in [0.15, 0.2) is 22.7 Å². The van der Waals surface area contributed by atoms with E-state index >= 15 is 0 Å². The molecule has 0 unspecified atom stereocenters. The van der Waals surface area contributed by atoms with Crippen LogP contribution in [-0.4, -0.2) is 58.7 Å². The highest BCUT2D eigenvalue weighted by molar-refractivity contribution is 6.00. The molecule has 0 saturated carbocycles. The third-order valence-electron chi connectivity index (χ3n) is 6.65. The Morgan fingerprint density at radius 1 is 1.14 bits per heavy atom. The molecule has 2 fully saturated rings. The van der Waals surface area contributed by atoms with E-state index in [1.807, 2.05) is 52.8 Å². The van der Waals surface area contributed by atoms with E-state index in [0.29, 0.717) is 43.8 Å². The number of hydrogen-bond acceptors (Lipinski definition) is 7. The maximum Gasteiger partial charge on any atom is 0.410 e. The van der Waals surface area contributed by atoms with Gasteiger partial charge in [-0.2, -0.15) is 0 Å². The second-order valence-electron chi connectivity index (χ2n) is 10.8. The van der Waals surface area contributed by atoms with E-state index in [9.17, 15) is 14.4 Å². The number of amides is 3. The molecule has 3 N–H and O–H groups in total. The van der Waals surface area contributed by atoms with E-state index in [-0.39, 0.29) is 23.9 Å². The SMILES string of the molecule is Cc1noc(C)c1-c1ccc(NC2CCN(C(=O)OC(C)(C)C)CC2)c(NC(=O)[C@@H]2CCCC(=O)N2)c1. The number of nitrogens with one attached hydrogen (secondary N) is 3. The number of carbonyl (C=O) groups is 3. The molecular weight excluding hydrogens is 474 g/mol. The number of rotatable bonds is 5. The number of nitrogens with zero attached hydrogens (tertiary/aromatic N) is 2. The standard InChI is InChI=1S/C27H37N5O5/c1-16-24(17(2)37-31-16)18-9-10-20(22(15-18)30-25(34)21-7-6-8-23(33)29-21)28-19-11-13-32(14-12-19)26(35)36-27(3,4)5/h9-10,15,19,21,28H,6-8,11-14H2,1-5H3,(H,29,33)(H,30,34)/t21-/m0/s1. The molecule has 2 saturated heterocycles. The third kappa shape index (κ3) is 6.61. The molecule has 4 rings (SSSR count). The summed E-state index contributed by atoms with van der Waals surface area (Å²) in [5.74, 6) is 0.349. The van der Waals surface area contributed by atoms with Gasteiger partial charge in [-0.05, 0) is 78.0 Å². The van der Waals surface area contributed by atoms with Crippen molar-refractivity contribution in [1.29, 1.82) is 0 Å².